The molecule has 4 heteroatoms. The minimum Gasteiger partial charge on any atom is -0.390 e. The fourth-order valence-electron chi connectivity index (χ4n) is 2.40. The van der Waals surface area contributed by atoms with Gasteiger partial charge in [-0.2, -0.15) is 0 Å². The van der Waals surface area contributed by atoms with Crippen LogP contribution in [0.2, 0.25) is 0 Å². The van der Waals surface area contributed by atoms with Crippen LogP contribution in [0.4, 0.5) is 10.7 Å². The first-order chi connectivity index (χ1) is 8.56. The van der Waals surface area contributed by atoms with Gasteiger partial charge < -0.3 is 11.1 Å². The van der Waals surface area contributed by atoms with Crippen molar-refractivity contribution in [3.05, 3.63) is 34.2 Å². The first kappa shape index (κ1) is 11.3. The van der Waals surface area contributed by atoms with Gasteiger partial charge in [0.25, 0.3) is 0 Å². The van der Waals surface area contributed by atoms with Gasteiger partial charge in [-0.05, 0) is 42.7 Å². The van der Waals surface area contributed by atoms with Gasteiger partial charge in [0.05, 0.1) is 11.4 Å². The zero-order valence-corrected chi connectivity index (χ0v) is 11.1. The molecule has 1 aromatic carbocycles. The Balaban J connectivity index is 2.14. The summed E-state index contributed by atoms with van der Waals surface area (Å²) in [5, 5.41) is 3.69. The molecule has 3 N–H and O–H groups in total. The summed E-state index contributed by atoms with van der Waals surface area (Å²) in [6.45, 7) is 4.17. The number of carbonyl (C=O) groups excluding carboxylic acids is 1. The van der Waals surface area contributed by atoms with E-state index in [9.17, 15) is 4.79 Å². The number of amides is 1. The van der Waals surface area contributed by atoms with E-state index in [-0.39, 0.29) is 5.91 Å². The predicted octanol–water partition coefficient (Wildman–Crippen LogP) is 3.11. The Morgan fingerprint density at radius 2 is 2.11 bits per heavy atom. The second kappa shape index (κ2) is 3.85. The molecule has 1 aliphatic heterocycles. The quantitative estimate of drug-likeness (QED) is 0.825. The number of nitrogens with one attached hydrogen (secondary N) is 1. The number of carbonyl (C=O) groups is 1. The van der Waals surface area contributed by atoms with E-state index in [2.05, 4.69) is 25.2 Å². The van der Waals surface area contributed by atoms with E-state index in [0.717, 1.165) is 27.4 Å². The smallest absolute Gasteiger partial charge is 0.228 e. The number of nitrogens with two attached hydrogens (primary N) is 1. The number of nitrogen functional groups attached to an aromatic ring is 1. The largest absolute Gasteiger partial charge is 0.390 e. The van der Waals surface area contributed by atoms with E-state index in [0.29, 0.717) is 6.42 Å². The van der Waals surface area contributed by atoms with E-state index >= 15 is 0 Å². The molecule has 0 bridgehead atoms. The van der Waals surface area contributed by atoms with Gasteiger partial charge in [0, 0.05) is 16.1 Å². The highest BCUT2D eigenvalue weighted by molar-refractivity contribution is 7.16. The first-order valence-electron chi connectivity index (χ1n) is 5.85. The molecule has 1 aromatic heterocycles. The topological polar surface area (TPSA) is 55.1 Å². The fourth-order valence-corrected chi connectivity index (χ4v) is 3.35. The zero-order chi connectivity index (χ0) is 12.9. The van der Waals surface area contributed by atoms with E-state index in [1.54, 1.807) is 11.3 Å². The Morgan fingerprint density at radius 1 is 1.33 bits per heavy atom. The number of thiophene rings is 1. The van der Waals surface area contributed by atoms with Crippen LogP contribution in [0.3, 0.4) is 0 Å². The molecule has 0 spiro atoms. The number of benzene rings is 1. The van der Waals surface area contributed by atoms with E-state index < -0.39 is 0 Å². The first-order valence-corrected chi connectivity index (χ1v) is 6.66. The maximum absolute atomic E-state index is 11.4. The van der Waals surface area contributed by atoms with Crippen LogP contribution in [0.25, 0.3) is 11.1 Å². The van der Waals surface area contributed by atoms with Gasteiger partial charge in [-0.1, -0.05) is 6.07 Å². The summed E-state index contributed by atoms with van der Waals surface area (Å²) in [7, 11) is 0. The van der Waals surface area contributed by atoms with Gasteiger partial charge in [-0.3, -0.25) is 4.79 Å². The van der Waals surface area contributed by atoms with Gasteiger partial charge in [-0.15, -0.1) is 11.3 Å². The number of hydrogen-bond acceptors (Lipinski definition) is 3. The molecule has 3 rings (SSSR count). The van der Waals surface area contributed by atoms with Crippen LogP contribution >= 0.6 is 11.3 Å². The summed E-state index contributed by atoms with van der Waals surface area (Å²) in [5.41, 5.74) is 11.5. The number of anilines is 2. The molecule has 0 unspecified atom stereocenters. The number of hydrogen-bond donors (Lipinski definition) is 2. The maximum atomic E-state index is 11.4. The summed E-state index contributed by atoms with van der Waals surface area (Å²) >= 11 is 1.62. The van der Waals surface area contributed by atoms with Crippen molar-refractivity contribution < 1.29 is 4.79 Å². The normalized spacial score (nSPS) is 13.6. The highest BCUT2D eigenvalue weighted by atomic mass is 32.1. The van der Waals surface area contributed by atoms with Crippen LogP contribution in [-0.2, 0) is 11.2 Å². The van der Waals surface area contributed by atoms with Gasteiger partial charge in [0.2, 0.25) is 5.91 Å². The second-order valence-electron chi connectivity index (χ2n) is 4.62. The fraction of sp³-hybridized carbons (Fsp3) is 0.214. The summed E-state index contributed by atoms with van der Waals surface area (Å²) in [5.74, 6) is 0.0633. The van der Waals surface area contributed by atoms with Gasteiger partial charge in [0.15, 0.2) is 0 Å². The third-order valence-electron chi connectivity index (χ3n) is 3.43. The lowest BCUT2D eigenvalue weighted by Crippen LogP contribution is -2.03. The Kier molecular flexibility index (Phi) is 2.41. The van der Waals surface area contributed by atoms with Crippen LogP contribution in [0, 0.1) is 13.8 Å². The minimum atomic E-state index is 0.0633. The summed E-state index contributed by atoms with van der Waals surface area (Å²) in [6, 6.07) is 6.05. The van der Waals surface area contributed by atoms with Crippen molar-refractivity contribution in [1.82, 2.24) is 0 Å². The number of rotatable bonds is 1. The lowest BCUT2D eigenvalue weighted by atomic mass is 10.00. The summed E-state index contributed by atoms with van der Waals surface area (Å²) < 4.78 is 0. The van der Waals surface area contributed by atoms with Crippen molar-refractivity contribution in [2.45, 2.75) is 20.3 Å². The predicted molar refractivity (Wildman–Crippen MR) is 76.0 cm³/mol. The third-order valence-corrected chi connectivity index (χ3v) is 4.47. The van der Waals surface area contributed by atoms with Crippen molar-refractivity contribution in [3.63, 3.8) is 0 Å². The second-order valence-corrected chi connectivity index (χ2v) is 5.88. The van der Waals surface area contributed by atoms with E-state index in [1.807, 2.05) is 12.1 Å². The third kappa shape index (κ3) is 1.61. The molecular weight excluding hydrogens is 244 g/mol. The number of aryl methyl sites for hydroxylation is 1. The molecule has 0 radical (unpaired) electrons. The standard InChI is InChI=1S/C14H14N2OS/c1-7-8(2)18-14(15)13(7)9-3-4-11-10(5-9)6-12(17)16-11/h3-5H,6,15H2,1-2H3,(H,16,17). The van der Waals surface area contributed by atoms with E-state index in [4.69, 9.17) is 5.73 Å². The molecule has 0 atom stereocenters. The molecule has 0 saturated carbocycles. The molecule has 1 aliphatic rings. The molecule has 92 valence electrons. The van der Waals surface area contributed by atoms with Crippen molar-refractivity contribution in [1.29, 1.82) is 0 Å². The molecule has 0 fully saturated rings. The highest BCUT2D eigenvalue weighted by Crippen LogP contribution is 2.39. The molecule has 0 saturated heterocycles. The molecule has 1 amide bonds. The SMILES string of the molecule is Cc1sc(N)c(-c2ccc3c(c2)CC(=O)N3)c1C. The molecule has 2 aromatic rings. The summed E-state index contributed by atoms with van der Waals surface area (Å²) in [4.78, 5) is 12.6. The highest BCUT2D eigenvalue weighted by Gasteiger charge is 2.19. The van der Waals surface area contributed by atoms with Crippen molar-refractivity contribution >= 4 is 27.9 Å². The van der Waals surface area contributed by atoms with Gasteiger partial charge in [0.1, 0.15) is 0 Å². The maximum Gasteiger partial charge on any atom is 0.228 e. The lowest BCUT2D eigenvalue weighted by molar-refractivity contribution is -0.115. The van der Waals surface area contributed by atoms with Crippen LogP contribution in [0.5, 0.6) is 0 Å². The van der Waals surface area contributed by atoms with Crippen LogP contribution in [0.15, 0.2) is 18.2 Å². The number of fused-ring (bicyclic) bond motifs is 1. The van der Waals surface area contributed by atoms with Crippen molar-refractivity contribution in [3.8, 4) is 11.1 Å². The minimum absolute atomic E-state index is 0.0633. The van der Waals surface area contributed by atoms with Crippen LogP contribution < -0.4 is 11.1 Å². The van der Waals surface area contributed by atoms with Crippen molar-refractivity contribution in [2.75, 3.05) is 11.1 Å². The Bertz CT molecular complexity index is 658. The Hall–Kier alpha value is -1.81. The van der Waals surface area contributed by atoms with Gasteiger partial charge in [-0.25, -0.2) is 0 Å². The Labute approximate surface area is 110 Å². The molecular formula is C14H14N2OS. The van der Waals surface area contributed by atoms with Crippen LogP contribution in [0.1, 0.15) is 16.0 Å². The van der Waals surface area contributed by atoms with Crippen molar-refractivity contribution in [2.24, 2.45) is 0 Å². The monoisotopic (exact) mass is 258 g/mol. The molecule has 2 heterocycles. The van der Waals surface area contributed by atoms with Gasteiger partial charge >= 0.3 is 0 Å². The average molecular weight is 258 g/mol. The average Bonchev–Trinajstić information content (AvgIpc) is 2.78. The molecule has 3 nitrogen and oxygen atoms in total. The van der Waals surface area contributed by atoms with E-state index in [1.165, 1.54) is 10.4 Å². The zero-order valence-electron chi connectivity index (χ0n) is 10.3. The lowest BCUT2D eigenvalue weighted by Gasteiger charge is -2.05. The van der Waals surface area contributed by atoms with Crippen LogP contribution in [-0.4, -0.2) is 5.91 Å². The molecule has 18 heavy (non-hydrogen) atoms. The summed E-state index contributed by atoms with van der Waals surface area (Å²) in [6.07, 6.45) is 0.464. The molecule has 0 aliphatic carbocycles. The Morgan fingerprint density at radius 3 is 2.78 bits per heavy atom.